The Balaban J connectivity index is 1.83. The molecule has 5 nitrogen and oxygen atoms in total. The largest absolute Gasteiger partial charge is 0.490 e. The number of hydrogen-bond donors (Lipinski definition) is 1. The minimum absolute atomic E-state index is 0.0636. The van der Waals surface area contributed by atoms with Gasteiger partial charge in [-0.25, -0.2) is 0 Å². The number of hydrogen-bond acceptors (Lipinski definition) is 4. The Morgan fingerprint density at radius 2 is 1.96 bits per heavy atom. The standard InChI is InChI=1S/C21H32N2O3/c1-3-16-26-19-10-8-18(17-20(19)25-4-2)9-11-21(24)22-12-15-23-13-6-5-7-14-23/h8-11,17H,3-7,12-16H2,1-2H3,(H,22,24). The predicted octanol–water partition coefficient (Wildman–Crippen LogP) is 3.49. The molecule has 0 spiro atoms. The van der Waals surface area contributed by atoms with E-state index >= 15 is 0 Å². The Bertz CT molecular complexity index is 581. The molecule has 5 heteroatoms. The van der Waals surface area contributed by atoms with E-state index in [1.54, 1.807) is 6.08 Å². The molecule has 1 saturated heterocycles. The van der Waals surface area contributed by atoms with Crippen molar-refractivity contribution in [2.45, 2.75) is 39.5 Å². The summed E-state index contributed by atoms with van der Waals surface area (Å²) in [6.07, 6.45) is 8.21. The first kappa shape index (κ1) is 20.3. The first-order valence-corrected chi connectivity index (χ1v) is 9.80. The fraction of sp³-hybridized carbons (Fsp3) is 0.571. The zero-order valence-electron chi connectivity index (χ0n) is 16.1. The quantitative estimate of drug-likeness (QED) is 0.649. The maximum Gasteiger partial charge on any atom is 0.244 e. The van der Waals surface area contributed by atoms with Gasteiger partial charge in [0.15, 0.2) is 11.5 Å². The summed E-state index contributed by atoms with van der Waals surface area (Å²) in [4.78, 5) is 14.4. The van der Waals surface area contributed by atoms with E-state index in [4.69, 9.17) is 9.47 Å². The average molecular weight is 360 g/mol. The van der Waals surface area contributed by atoms with E-state index in [0.29, 0.717) is 25.5 Å². The molecular weight excluding hydrogens is 328 g/mol. The molecule has 1 aromatic carbocycles. The van der Waals surface area contributed by atoms with Crippen molar-refractivity contribution in [1.29, 1.82) is 0 Å². The summed E-state index contributed by atoms with van der Waals surface area (Å²) in [5, 5.41) is 2.96. The summed E-state index contributed by atoms with van der Waals surface area (Å²) in [5.41, 5.74) is 0.920. The number of carbonyl (C=O) groups excluding carboxylic acids is 1. The van der Waals surface area contributed by atoms with Gasteiger partial charge >= 0.3 is 0 Å². The Morgan fingerprint density at radius 3 is 2.69 bits per heavy atom. The Morgan fingerprint density at radius 1 is 1.15 bits per heavy atom. The van der Waals surface area contributed by atoms with Crippen molar-refractivity contribution in [3.63, 3.8) is 0 Å². The van der Waals surface area contributed by atoms with E-state index in [1.807, 2.05) is 31.2 Å². The summed E-state index contributed by atoms with van der Waals surface area (Å²) < 4.78 is 11.3. The van der Waals surface area contributed by atoms with E-state index in [2.05, 4.69) is 17.1 Å². The van der Waals surface area contributed by atoms with E-state index < -0.39 is 0 Å². The van der Waals surface area contributed by atoms with Crippen molar-refractivity contribution in [1.82, 2.24) is 10.2 Å². The third-order valence-electron chi connectivity index (χ3n) is 4.33. The highest BCUT2D eigenvalue weighted by molar-refractivity contribution is 5.91. The van der Waals surface area contributed by atoms with Gasteiger partial charge in [-0.1, -0.05) is 19.4 Å². The molecule has 0 atom stereocenters. The van der Waals surface area contributed by atoms with E-state index in [-0.39, 0.29) is 5.91 Å². The molecule has 0 saturated carbocycles. The molecule has 1 aromatic rings. The third kappa shape index (κ3) is 7.08. The number of rotatable bonds is 10. The van der Waals surface area contributed by atoms with Crippen LogP contribution in [0.4, 0.5) is 0 Å². The van der Waals surface area contributed by atoms with E-state index in [1.165, 1.54) is 19.3 Å². The molecule has 0 bridgehead atoms. The molecule has 144 valence electrons. The van der Waals surface area contributed by atoms with Crippen LogP contribution in [0.3, 0.4) is 0 Å². The highest BCUT2D eigenvalue weighted by atomic mass is 16.5. The monoisotopic (exact) mass is 360 g/mol. The number of ether oxygens (including phenoxy) is 2. The number of nitrogens with zero attached hydrogens (tertiary/aromatic N) is 1. The summed E-state index contributed by atoms with van der Waals surface area (Å²) in [7, 11) is 0. The maximum atomic E-state index is 12.0. The normalized spacial score (nSPS) is 15.2. The molecule has 1 amide bonds. The zero-order chi connectivity index (χ0) is 18.6. The first-order chi connectivity index (χ1) is 12.7. The van der Waals surface area contributed by atoms with Gasteiger partial charge < -0.3 is 19.7 Å². The van der Waals surface area contributed by atoms with Crippen LogP contribution in [-0.2, 0) is 4.79 Å². The van der Waals surface area contributed by atoms with E-state index in [0.717, 1.165) is 37.4 Å². The molecule has 0 radical (unpaired) electrons. The second kappa shape index (κ2) is 11.6. The minimum Gasteiger partial charge on any atom is -0.490 e. The number of piperidine rings is 1. The Hall–Kier alpha value is -2.01. The summed E-state index contributed by atoms with van der Waals surface area (Å²) in [6.45, 7) is 9.18. The average Bonchev–Trinajstić information content (AvgIpc) is 2.67. The Labute approximate surface area is 157 Å². The SMILES string of the molecule is CCCOc1ccc(C=CC(=O)NCCN2CCCCC2)cc1OCC. The van der Waals surface area contributed by atoms with E-state index in [9.17, 15) is 4.79 Å². The minimum atomic E-state index is -0.0636. The number of carbonyl (C=O) groups is 1. The number of likely N-dealkylation sites (tertiary alicyclic amines) is 1. The lowest BCUT2D eigenvalue weighted by Crippen LogP contribution is -2.37. The molecule has 26 heavy (non-hydrogen) atoms. The molecular formula is C21H32N2O3. The van der Waals surface area contributed by atoms with Crippen LogP contribution in [0.1, 0.15) is 45.1 Å². The molecule has 2 rings (SSSR count). The van der Waals surface area contributed by atoms with Crippen LogP contribution in [0, 0.1) is 0 Å². The maximum absolute atomic E-state index is 12.0. The lowest BCUT2D eigenvalue weighted by Gasteiger charge is -2.26. The van der Waals surface area contributed by atoms with Gasteiger partial charge in [-0.2, -0.15) is 0 Å². The molecule has 1 aliphatic rings. The van der Waals surface area contributed by atoms with Crippen LogP contribution in [0.25, 0.3) is 6.08 Å². The smallest absolute Gasteiger partial charge is 0.244 e. The van der Waals surface area contributed by atoms with Crippen molar-refractivity contribution in [2.24, 2.45) is 0 Å². The molecule has 0 unspecified atom stereocenters. The van der Waals surface area contributed by atoms with Crippen molar-refractivity contribution >= 4 is 12.0 Å². The third-order valence-corrected chi connectivity index (χ3v) is 4.33. The molecule has 1 aliphatic heterocycles. The lowest BCUT2D eigenvalue weighted by atomic mass is 10.1. The first-order valence-electron chi connectivity index (χ1n) is 9.80. The topological polar surface area (TPSA) is 50.8 Å². The fourth-order valence-corrected chi connectivity index (χ4v) is 2.98. The van der Waals surface area contributed by atoms with Crippen LogP contribution in [0.15, 0.2) is 24.3 Å². The molecule has 1 N–H and O–H groups in total. The van der Waals surface area contributed by atoms with Crippen LogP contribution < -0.4 is 14.8 Å². The predicted molar refractivity (Wildman–Crippen MR) is 106 cm³/mol. The van der Waals surface area contributed by atoms with Gasteiger partial charge in [-0.05, 0) is 63.0 Å². The van der Waals surface area contributed by atoms with Gasteiger partial charge in [0, 0.05) is 19.2 Å². The molecule has 0 aliphatic carbocycles. The fourth-order valence-electron chi connectivity index (χ4n) is 2.98. The number of amides is 1. The van der Waals surface area contributed by atoms with Crippen molar-refractivity contribution in [2.75, 3.05) is 39.4 Å². The van der Waals surface area contributed by atoms with Crippen molar-refractivity contribution in [3.05, 3.63) is 29.8 Å². The van der Waals surface area contributed by atoms with Gasteiger partial charge in [0.25, 0.3) is 0 Å². The highest BCUT2D eigenvalue weighted by Gasteiger charge is 2.09. The lowest BCUT2D eigenvalue weighted by molar-refractivity contribution is -0.116. The van der Waals surface area contributed by atoms with Crippen molar-refractivity contribution < 1.29 is 14.3 Å². The van der Waals surface area contributed by atoms with Gasteiger partial charge in [-0.3, -0.25) is 4.79 Å². The zero-order valence-corrected chi connectivity index (χ0v) is 16.1. The number of benzene rings is 1. The molecule has 0 aromatic heterocycles. The van der Waals surface area contributed by atoms with Crippen LogP contribution in [0.5, 0.6) is 11.5 Å². The Kier molecular flexibility index (Phi) is 9.04. The summed E-state index contributed by atoms with van der Waals surface area (Å²) in [5.74, 6) is 1.40. The number of nitrogens with one attached hydrogen (secondary N) is 1. The van der Waals surface area contributed by atoms with Crippen LogP contribution in [-0.4, -0.2) is 50.2 Å². The van der Waals surface area contributed by atoms with Crippen LogP contribution in [0.2, 0.25) is 0 Å². The van der Waals surface area contributed by atoms with Gasteiger partial charge in [-0.15, -0.1) is 0 Å². The van der Waals surface area contributed by atoms with Crippen LogP contribution >= 0.6 is 0 Å². The highest BCUT2D eigenvalue weighted by Crippen LogP contribution is 2.29. The van der Waals surface area contributed by atoms with Crippen molar-refractivity contribution in [3.8, 4) is 11.5 Å². The molecule has 1 fully saturated rings. The molecule has 1 heterocycles. The second-order valence-electron chi connectivity index (χ2n) is 6.51. The second-order valence-corrected chi connectivity index (χ2v) is 6.51. The van der Waals surface area contributed by atoms with Gasteiger partial charge in [0.2, 0.25) is 5.91 Å². The summed E-state index contributed by atoms with van der Waals surface area (Å²) >= 11 is 0. The summed E-state index contributed by atoms with van der Waals surface area (Å²) in [6, 6.07) is 5.74. The van der Waals surface area contributed by atoms with Gasteiger partial charge in [0.1, 0.15) is 0 Å². The van der Waals surface area contributed by atoms with Gasteiger partial charge in [0.05, 0.1) is 13.2 Å².